The number of carboxylic acids is 1. The topological polar surface area (TPSA) is 102 Å². The summed E-state index contributed by atoms with van der Waals surface area (Å²) in [6.45, 7) is 1.91. The predicted molar refractivity (Wildman–Crippen MR) is 129 cm³/mol. The highest BCUT2D eigenvalue weighted by Crippen LogP contribution is 2.38. The van der Waals surface area contributed by atoms with Crippen molar-refractivity contribution in [2.75, 3.05) is 11.9 Å². The summed E-state index contributed by atoms with van der Waals surface area (Å²) in [5, 5.41) is 16.8. The molecule has 34 heavy (non-hydrogen) atoms. The largest absolute Gasteiger partial charge is 0.481 e. The summed E-state index contributed by atoms with van der Waals surface area (Å²) in [5.41, 5.74) is 3.86. The number of rotatable bonds is 7. The third-order valence-corrected chi connectivity index (χ3v) is 6.73. The third-order valence-electron chi connectivity index (χ3n) is 6.36. The van der Waals surface area contributed by atoms with Crippen LogP contribution in [0.4, 0.5) is 10.5 Å². The predicted octanol–water partition coefficient (Wildman–Crippen LogP) is 6.45. The van der Waals surface area contributed by atoms with Crippen molar-refractivity contribution in [2.24, 2.45) is 5.92 Å². The van der Waals surface area contributed by atoms with Gasteiger partial charge in [-0.2, -0.15) is 0 Å². The smallest absolute Gasteiger partial charge is 0.411 e. The van der Waals surface area contributed by atoms with E-state index in [4.69, 9.17) is 20.9 Å². The van der Waals surface area contributed by atoms with Gasteiger partial charge in [-0.15, -0.1) is 0 Å². The molecule has 1 aliphatic rings. The van der Waals surface area contributed by atoms with Crippen LogP contribution in [-0.4, -0.2) is 28.9 Å². The number of aromatic nitrogens is 1. The zero-order valence-electron chi connectivity index (χ0n) is 18.9. The number of halogens is 1. The molecule has 4 rings (SSSR count). The van der Waals surface area contributed by atoms with Crippen molar-refractivity contribution in [3.05, 3.63) is 70.4 Å². The van der Waals surface area contributed by atoms with Crippen LogP contribution in [-0.2, 0) is 16.0 Å². The number of hydrogen-bond acceptors (Lipinski definition) is 5. The Morgan fingerprint density at radius 3 is 2.65 bits per heavy atom. The molecule has 0 spiro atoms. The lowest BCUT2D eigenvalue weighted by molar-refractivity contribution is -0.142. The fourth-order valence-electron chi connectivity index (χ4n) is 4.42. The van der Waals surface area contributed by atoms with E-state index in [0.717, 1.165) is 29.5 Å². The van der Waals surface area contributed by atoms with Gasteiger partial charge in [-0.1, -0.05) is 53.2 Å². The molecule has 1 amide bonds. The van der Waals surface area contributed by atoms with Crippen LogP contribution >= 0.6 is 11.6 Å². The van der Waals surface area contributed by atoms with E-state index in [-0.39, 0.29) is 12.5 Å². The minimum absolute atomic E-state index is 0.184. The van der Waals surface area contributed by atoms with Gasteiger partial charge in [-0.05, 0) is 61.8 Å². The number of aliphatic carboxylic acids is 1. The fraction of sp³-hybridized carbons (Fsp3) is 0.346. The number of aryl methyl sites for hydroxylation is 1. The Balaban J connectivity index is 1.41. The highest BCUT2D eigenvalue weighted by molar-refractivity contribution is 6.31. The van der Waals surface area contributed by atoms with Gasteiger partial charge in [0.1, 0.15) is 11.4 Å². The third kappa shape index (κ3) is 5.59. The zero-order valence-corrected chi connectivity index (χ0v) is 19.7. The number of hydrogen-bond donors (Lipinski definition) is 2. The molecule has 1 aromatic heterocycles. The quantitative estimate of drug-likeness (QED) is 0.401. The number of amides is 1. The minimum Gasteiger partial charge on any atom is -0.481 e. The summed E-state index contributed by atoms with van der Waals surface area (Å²) >= 11 is 6.15. The highest BCUT2D eigenvalue weighted by atomic mass is 35.5. The van der Waals surface area contributed by atoms with Crippen molar-refractivity contribution in [3.8, 4) is 11.3 Å². The van der Waals surface area contributed by atoms with E-state index in [2.05, 4.69) is 16.5 Å². The Bertz CT molecular complexity index is 1170. The van der Waals surface area contributed by atoms with E-state index < -0.39 is 12.1 Å². The van der Waals surface area contributed by atoms with Crippen LogP contribution in [0.2, 0.25) is 5.02 Å². The number of carbonyl (C=O) groups is 2. The van der Waals surface area contributed by atoms with E-state index in [9.17, 15) is 14.7 Å². The van der Waals surface area contributed by atoms with Crippen molar-refractivity contribution in [1.82, 2.24) is 5.16 Å². The molecular weight excluding hydrogens is 456 g/mol. The van der Waals surface area contributed by atoms with Crippen LogP contribution in [0.15, 0.2) is 53.1 Å². The van der Waals surface area contributed by atoms with Crippen LogP contribution in [0.3, 0.4) is 0 Å². The second-order valence-electron chi connectivity index (χ2n) is 8.58. The highest BCUT2D eigenvalue weighted by Gasteiger charge is 2.27. The lowest BCUT2D eigenvalue weighted by Gasteiger charge is -2.26. The summed E-state index contributed by atoms with van der Waals surface area (Å²) in [7, 11) is 0. The van der Waals surface area contributed by atoms with Crippen LogP contribution in [0.1, 0.15) is 48.5 Å². The number of ether oxygens (including phenoxy) is 1. The second kappa shape index (κ2) is 10.7. The van der Waals surface area contributed by atoms with Gasteiger partial charge in [-0.25, -0.2) is 4.79 Å². The molecule has 0 bridgehead atoms. The average molecular weight is 483 g/mol. The molecule has 1 aliphatic carbocycles. The van der Waals surface area contributed by atoms with Gasteiger partial charge in [0, 0.05) is 17.0 Å². The van der Waals surface area contributed by atoms with Gasteiger partial charge in [0.15, 0.2) is 5.76 Å². The van der Waals surface area contributed by atoms with E-state index >= 15 is 0 Å². The van der Waals surface area contributed by atoms with E-state index in [1.165, 1.54) is 0 Å². The Labute approximate surface area is 203 Å². The molecule has 3 aromatic rings. The fourth-order valence-corrected chi connectivity index (χ4v) is 4.65. The molecule has 7 nitrogen and oxygen atoms in total. The van der Waals surface area contributed by atoms with Gasteiger partial charge in [0.25, 0.3) is 0 Å². The average Bonchev–Trinajstić information content (AvgIpc) is 3.20. The van der Waals surface area contributed by atoms with Crippen LogP contribution in [0.25, 0.3) is 11.3 Å². The first kappa shape index (κ1) is 23.8. The molecule has 2 aromatic carbocycles. The number of benzene rings is 2. The number of anilines is 1. The molecule has 1 heterocycles. The molecule has 178 valence electrons. The summed E-state index contributed by atoms with van der Waals surface area (Å²) in [5.74, 6) is -0.183. The SMILES string of the molecule is Cc1onc(-c2cccc(C3CCC(C(=O)O)CC3)c2)c1NC(=O)OCCc1ccccc1Cl. The lowest BCUT2D eigenvalue weighted by Crippen LogP contribution is -2.20. The minimum atomic E-state index is -0.709. The maximum Gasteiger partial charge on any atom is 0.411 e. The molecule has 2 N–H and O–H groups in total. The molecule has 8 heteroatoms. The normalized spacial score (nSPS) is 17.8. The van der Waals surface area contributed by atoms with Crippen molar-refractivity contribution in [3.63, 3.8) is 0 Å². The molecule has 0 radical (unpaired) electrons. The molecular formula is C26H27ClN2O5. The Morgan fingerprint density at radius 1 is 1.15 bits per heavy atom. The molecule has 0 saturated heterocycles. The van der Waals surface area contributed by atoms with E-state index in [0.29, 0.717) is 47.3 Å². The van der Waals surface area contributed by atoms with Gasteiger partial charge in [0.2, 0.25) is 0 Å². The summed E-state index contributed by atoms with van der Waals surface area (Å²) in [4.78, 5) is 23.7. The maximum atomic E-state index is 12.4. The van der Waals surface area contributed by atoms with E-state index in [1.54, 1.807) is 13.0 Å². The molecule has 0 atom stereocenters. The van der Waals surface area contributed by atoms with Crippen molar-refractivity contribution >= 4 is 29.4 Å². The zero-order chi connectivity index (χ0) is 24.1. The van der Waals surface area contributed by atoms with Gasteiger partial charge in [-0.3, -0.25) is 10.1 Å². The number of nitrogens with one attached hydrogen (secondary N) is 1. The molecule has 1 saturated carbocycles. The molecule has 1 fully saturated rings. The lowest BCUT2D eigenvalue weighted by atomic mass is 9.78. The molecule has 0 unspecified atom stereocenters. The second-order valence-corrected chi connectivity index (χ2v) is 8.98. The number of carbonyl (C=O) groups excluding carboxylic acids is 1. The Hall–Kier alpha value is -3.32. The first-order valence-corrected chi connectivity index (χ1v) is 11.8. The number of nitrogens with zero attached hydrogens (tertiary/aromatic N) is 1. The van der Waals surface area contributed by atoms with Crippen molar-refractivity contribution in [1.29, 1.82) is 0 Å². The first-order valence-electron chi connectivity index (χ1n) is 11.4. The Morgan fingerprint density at radius 2 is 1.91 bits per heavy atom. The summed E-state index contributed by atoms with van der Waals surface area (Å²) in [6.07, 6.45) is 2.94. The van der Waals surface area contributed by atoms with E-state index in [1.807, 2.05) is 36.4 Å². The van der Waals surface area contributed by atoms with Crippen molar-refractivity contribution < 1.29 is 24.0 Å². The van der Waals surface area contributed by atoms with Crippen LogP contribution in [0, 0.1) is 12.8 Å². The monoisotopic (exact) mass is 482 g/mol. The van der Waals surface area contributed by atoms with Gasteiger partial charge in [0.05, 0.1) is 12.5 Å². The van der Waals surface area contributed by atoms with Crippen molar-refractivity contribution in [2.45, 2.75) is 44.9 Å². The standard InChI is InChI=1S/C26H27ClN2O5/c1-16-23(28-26(32)33-14-13-18-5-2-3-8-22(18)27)24(29-34-16)21-7-4-6-20(15-21)17-9-11-19(12-10-17)25(30)31/h2-8,15,17,19H,9-14H2,1H3,(H,28,32)(H,30,31). The molecule has 0 aliphatic heterocycles. The maximum absolute atomic E-state index is 12.4. The van der Waals surface area contributed by atoms with Gasteiger partial charge < -0.3 is 14.4 Å². The van der Waals surface area contributed by atoms with Gasteiger partial charge >= 0.3 is 12.1 Å². The Kier molecular flexibility index (Phi) is 7.53. The first-order chi connectivity index (χ1) is 16.4. The van der Waals surface area contributed by atoms with Crippen LogP contribution < -0.4 is 5.32 Å². The van der Waals surface area contributed by atoms with Crippen LogP contribution in [0.5, 0.6) is 0 Å². The summed E-state index contributed by atoms with van der Waals surface area (Å²) < 4.78 is 10.7. The summed E-state index contributed by atoms with van der Waals surface area (Å²) in [6, 6.07) is 15.4. The number of carboxylic acid groups (broad SMARTS) is 1.